The minimum Gasteiger partial charge on any atom is -0.366 e. The summed E-state index contributed by atoms with van der Waals surface area (Å²) in [6.07, 6.45) is 0.391. The molecule has 1 amide bonds. The van der Waals surface area contributed by atoms with Gasteiger partial charge in [-0.05, 0) is 18.4 Å². The molecule has 2 N–H and O–H groups in total. The summed E-state index contributed by atoms with van der Waals surface area (Å²) in [4.78, 5) is 13.6. The Hall–Kier alpha value is -1.39. The molecule has 0 spiro atoms. The number of hydrogen-bond donors (Lipinski definition) is 2. The monoisotopic (exact) mass is 235 g/mol. The quantitative estimate of drug-likeness (QED) is 0.751. The van der Waals surface area contributed by atoms with Crippen molar-refractivity contribution in [1.82, 2.24) is 4.90 Å². The normalized spacial score (nSPS) is 19.9. The highest BCUT2D eigenvalue weighted by Gasteiger charge is 2.32. The first-order valence-electron chi connectivity index (χ1n) is 5.88. The molecule has 4 heteroatoms. The lowest BCUT2D eigenvalue weighted by atomic mass is 10.1. The van der Waals surface area contributed by atoms with Gasteiger partial charge in [0.2, 0.25) is 5.91 Å². The molecule has 1 aromatic carbocycles. The molecule has 1 unspecified atom stereocenters. The average molecular weight is 235 g/mol. The van der Waals surface area contributed by atoms with Gasteiger partial charge in [-0.2, -0.15) is 0 Å². The number of rotatable bonds is 3. The van der Waals surface area contributed by atoms with Gasteiger partial charge in [0, 0.05) is 6.54 Å². The first-order chi connectivity index (χ1) is 8.18. The van der Waals surface area contributed by atoms with E-state index < -0.39 is 12.3 Å². The van der Waals surface area contributed by atoms with Crippen molar-refractivity contribution in [3.8, 4) is 0 Å². The maximum atomic E-state index is 12.0. The van der Waals surface area contributed by atoms with Gasteiger partial charge in [0.05, 0.1) is 12.5 Å². The third-order valence-corrected chi connectivity index (χ3v) is 3.16. The number of carbonyl (C=O) groups is 1. The van der Waals surface area contributed by atoms with E-state index in [2.05, 4.69) is 0 Å². The SMILES string of the molecule is O=C(Cc1ccccc1)N1CCCC1C(O)O. The van der Waals surface area contributed by atoms with E-state index in [1.807, 2.05) is 30.3 Å². The van der Waals surface area contributed by atoms with Crippen LogP contribution in [0.1, 0.15) is 18.4 Å². The second-order valence-electron chi connectivity index (χ2n) is 4.37. The highest BCUT2D eigenvalue weighted by Crippen LogP contribution is 2.20. The van der Waals surface area contributed by atoms with E-state index in [0.717, 1.165) is 12.0 Å². The topological polar surface area (TPSA) is 60.8 Å². The Morgan fingerprint density at radius 2 is 2.06 bits per heavy atom. The van der Waals surface area contributed by atoms with Crippen LogP contribution in [0, 0.1) is 0 Å². The van der Waals surface area contributed by atoms with Gasteiger partial charge in [-0.15, -0.1) is 0 Å². The Bertz CT molecular complexity index is 378. The summed E-state index contributed by atoms with van der Waals surface area (Å²) in [5, 5.41) is 18.4. The molecule has 0 aromatic heterocycles. The van der Waals surface area contributed by atoms with Gasteiger partial charge in [-0.3, -0.25) is 4.79 Å². The van der Waals surface area contributed by atoms with Crippen LogP contribution in [0.25, 0.3) is 0 Å². The second kappa shape index (κ2) is 5.29. The number of hydrogen-bond acceptors (Lipinski definition) is 3. The van der Waals surface area contributed by atoms with Crippen LogP contribution in [0.4, 0.5) is 0 Å². The molecule has 1 heterocycles. The number of likely N-dealkylation sites (tertiary alicyclic amines) is 1. The summed E-state index contributed by atoms with van der Waals surface area (Å²) in [6.45, 7) is 0.619. The van der Waals surface area contributed by atoms with Crippen LogP contribution in [0.3, 0.4) is 0 Å². The van der Waals surface area contributed by atoms with Crippen LogP contribution < -0.4 is 0 Å². The minimum atomic E-state index is -1.43. The van der Waals surface area contributed by atoms with Crippen molar-refractivity contribution in [3.05, 3.63) is 35.9 Å². The molecule has 1 fully saturated rings. The van der Waals surface area contributed by atoms with Crippen LogP contribution in [0.15, 0.2) is 30.3 Å². The van der Waals surface area contributed by atoms with E-state index in [9.17, 15) is 15.0 Å². The predicted octanol–water partition coefficient (Wildman–Crippen LogP) is 0.531. The predicted molar refractivity (Wildman–Crippen MR) is 63.1 cm³/mol. The molecular formula is C13H17NO3. The van der Waals surface area contributed by atoms with Crippen molar-refractivity contribution in [2.45, 2.75) is 31.6 Å². The third kappa shape index (κ3) is 2.84. The standard InChI is InChI=1S/C13H17NO3/c15-12(9-10-5-2-1-3-6-10)14-8-4-7-11(14)13(16)17/h1-3,5-6,11,13,16-17H,4,7-9H2. The van der Waals surface area contributed by atoms with E-state index in [1.165, 1.54) is 0 Å². The highest BCUT2D eigenvalue weighted by atomic mass is 16.5. The van der Waals surface area contributed by atoms with Gasteiger partial charge in [0.15, 0.2) is 6.29 Å². The molecule has 0 aliphatic carbocycles. The number of aliphatic hydroxyl groups is 2. The molecule has 1 aliphatic rings. The Morgan fingerprint density at radius 1 is 1.35 bits per heavy atom. The Morgan fingerprint density at radius 3 is 2.71 bits per heavy atom. The molecule has 92 valence electrons. The fourth-order valence-electron chi connectivity index (χ4n) is 2.28. The first kappa shape index (κ1) is 12.1. The molecule has 1 aliphatic heterocycles. The lowest BCUT2D eigenvalue weighted by molar-refractivity contribution is -0.142. The molecule has 1 atom stereocenters. The van der Waals surface area contributed by atoms with Crippen LogP contribution >= 0.6 is 0 Å². The van der Waals surface area contributed by atoms with E-state index in [-0.39, 0.29) is 5.91 Å². The lowest BCUT2D eigenvalue weighted by Crippen LogP contribution is -2.43. The summed E-state index contributed by atoms with van der Waals surface area (Å²) < 4.78 is 0. The van der Waals surface area contributed by atoms with Crippen LogP contribution in [0.2, 0.25) is 0 Å². The van der Waals surface area contributed by atoms with Crippen molar-refractivity contribution >= 4 is 5.91 Å². The van der Waals surface area contributed by atoms with Gasteiger partial charge in [0.1, 0.15) is 0 Å². The minimum absolute atomic E-state index is 0.0354. The molecular weight excluding hydrogens is 218 g/mol. The largest absolute Gasteiger partial charge is 0.366 e. The smallest absolute Gasteiger partial charge is 0.227 e. The van der Waals surface area contributed by atoms with Gasteiger partial charge >= 0.3 is 0 Å². The van der Waals surface area contributed by atoms with E-state index in [1.54, 1.807) is 4.90 Å². The number of carbonyl (C=O) groups excluding carboxylic acids is 1. The number of aliphatic hydroxyl groups excluding tert-OH is 1. The van der Waals surface area contributed by atoms with Gasteiger partial charge < -0.3 is 15.1 Å². The van der Waals surface area contributed by atoms with Crippen LogP contribution in [-0.2, 0) is 11.2 Å². The third-order valence-electron chi connectivity index (χ3n) is 3.16. The van der Waals surface area contributed by atoms with Crippen molar-refractivity contribution in [2.24, 2.45) is 0 Å². The molecule has 1 saturated heterocycles. The number of nitrogens with zero attached hydrogens (tertiary/aromatic N) is 1. The number of benzene rings is 1. The summed E-state index contributed by atoms with van der Waals surface area (Å²) >= 11 is 0. The molecule has 0 bridgehead atoms. The van der Waals surface area contributed by atoms with Crippen molar-refractivity contribution in [3.63, 3.8) is 0 Å². The maximum Gasteiger partial charge on any atom is 0.227 e. The molecule has 1 aromatic rings. The molecule has 17 heavy (non-hydrogen) atoms. The molecule has 2 rings (SSSR count). The molecule has 0 saturated carbocycles. The zero-order valence-corrected chi connectivity index (χ0v) is 9.62. The second-order valence-corrected chi connectivity index (χ2v) is 4.37. The fraction of sp³-hybridized carbons (Fsp3) is 0.462. The zero-order valence-electron chi connectivity index (χ0n) is 9.62. The molecule has 4 nitrogen and oxygen atoms in total. The maximum absolute atomic E-state index is 12.0. The lowest BCUT2D eigenvalue weighted by Gasteiger charge is -2.26. The van der Waals surface area contributed by atoms with Crippen molar-refractivity contribution in [1.29, 1.82) is 0 Å². The molecule has 0 radical (unpaired) electrons. The average Bonchev–Trinajstić information content (AvgIpc) is 2.79. The van der Waals surface area contributed by atoms with Crippen LogP contribution in [-0.4, -0.2) is 39.9 Å². The summed E-state index contributed by atoms with van der Waals surface area (Å²) in [5.74, 6) is -0.0354. The van der Waals surface area contributed by atoms with E-state index >= 15 is 0 Å². The fourth-order valence-corrected chi connectivity index (χ4v) is 2.28. The van der Waals surface area contributed by atoms with Crippen LogP contribution in [0.5, 0.6) is 0 Å². The first-order valence-corrected chi connectivity index (χ1v) is 5.88. The van der Waals surface area contributed by atoms with Gasteiger partial charge in [-0.25, -0.2) is 0 Å². The zero-order chi connectivity index (χ0) is 12.3. The van der Waals surface area contributed by atoms with Crippen molar-refractivity contribution in [2.75, 3.05) is 6.54 Å². The van der Waals surface area contributed by atoms with E-state index in [4.69, 9.17) is 0 Å². The Kier molecular flexibility index (Phi) is 3.76. The highest BCUT2D eigenvalue weighted by molar-refractivity contribution is 5.79. The Balaban J connectivity index is 2.00. The Labute approximate surface area is 100 Å². The summed E-state index contributed by atoms with van der Waals surface area (Å²) in [7, 11) is 0. The van der Waals surface area contributed by atoms with E-state index in [0.29, 0.717) is 19.4 Å². The number of amides is 1. The summed E-state index contributed by atoms with van der Waals surface area (Å²) in [6, 6.07) is 9.06. The van der Waals surface area contributed by atoms with Gasteiger partial charge in [-0.1, -0.05) is 30.3 Å². The van der Waals surface area contributed by atoms with Crippen molar-refractivity contribution < 1.29 is 15.0 Å². The van der Waals surface area contributed by atoms with Gasteiger partial charge in [0.25, 0.3) is 0 Å². The summed E-state index contributed by atoms with van der Waals surface area (Å²) in [5.41, 5.74) is 0.954.